The van der Waals surface area contributed by atoms with E-state index in [0.717, 1.165) is 67.7 Å². The van der Waals surface area contributed by atoms with Crippen molar-refractivity contribution in [2.45, 2.75) is 113 Å². The molecule has 7 rings (SSSR count). The van der Waals surface area contributed by atoms with Crippen LogP contribution in [0.5, 0.6) is 5.88 Å². The van der Waals surface area contributed by atoms with Gasteiger partial charge in [-0.3, -0.25) is 19.1 Å². The molecule has 0 radical (unpaired) electrons. The maximum absolute atomic E-state index is 14.7. The number of sulfonamides is 1. The number of cyclic esters (lactones) is 1. The van der Waals surface area contributed by atoms with Gasteiger partial charge in [0.25, 0.3) is 5.91 Å². The van der Waals surface area contributed by atoms with Gasteiger partial charge in [0.1, 0.15) is 23.7 Å². The number of fused-ring (bicyclic) bond motifs is 3. The van der Waals surface area contributed by atoms with Gasteiger partial charge in [-0.2, -0.15) is 0 Å². The highest BCUT2D eigenvalue weighted by Gasteiger charge is 2.62. The molecule has 52 heavy (non-hydrogen) atoms. The largest absolute Gasteiger partial charge is 0.472 e. The van der Waals surface area contributed by atoms with Crippen LogP contribution in [0.4, 0.5) is 4.79 Å². The van der Waals surface area contributed by atoms with Crippen molar-refractivity contribution in [2.75, 3.05) is 13.2 Å². The molecular formula is C38H49N5O8S. The molecule has 4 bridgehead atoms. The molecule has 1 aromatic heterocycles. The number of pyridine rings is 1. The summed E-state index contributed by atoms with van der Waals surface area (Å²) in [5.74, 6) is -2.00. The number of nitrogens with one attached hydrogen (secondary N) is 3. The highest BCUT2D eigenvalue weighted by Crippen LogP contribution is 2.45. The van der Waals surface area contributed by atoms with Crippen LogP contribution in [-0.4, -0.2) is 84.2 Å². The summed E-state index contributed by atoms with van der Waals surface area (Å²) in [6.07, 6.45) is 9.99. The smallest absolute Gasteiger partial charge is 0.407 e. The number of amides is 4. The Labute approximate surface area is 304 Å². The van der Waals surface area contributed by atoms with Crippen LogP contribution in [0.3, 0.4) is 0 Å². The van der Waals surface area contributed by atoms with Crippen molar-refractivity contribution >= 4 is 44.6 Å². The van der Waals surface area contributed by atoms with Gasteiger partial charge in [0, 0.05) is 23.9 Å². The molecule has 13 nitrogen and oxygen atoms in total. The Hall–Kier alpha value is -4.20. The normalized spacial score (nSPS) is 30.3. The number of carbonyl (C=O) groups excluding carboxylic acids is 4. The number of aromatic nitrogens is 1. The van der Waals surface area contributed by atoms with Crippen LogP contribution < -0.4 is 20.1 Å². The van der Waals surface area contributed by atoms with E-state index < -0.39 is 68.7 Å². The van der Waals surface area contributed by atoms with Crippen molar-refractivity contribution in [3.63, 3.8) is 0 Å². The molecule has 3 saturated carbocycles. The van der Waals surface area contributed by atoms with Gasteiger partial charge in [0.2, 0.25) is 27.7 Å². The minimum absolute atomic E-state index is 0.0335. The lowest BCUT2D eigenvalue weighted by atomic mass is 9.83. The number of carbonyl (C=O) groups is 4. The van der Waals surface area contributed by atoms with Gasteiger partial charge in [-0.1, -0.05) is 44.4 Å². The second-order valence-corrected chi connectivity index (χ2v) is 17.4. The average molecular weight is 736 g/mol. The third-order valence-corrected chi connectivity index (χ3v) is 13.3. The average Bonchev–Trinajstić information content (AvgIpc) is 4.06. The number of benzene rings is 1. The van der Waals surface area contributed by atoms with Gasteiger partial charge < -0.3 is 25.0 Å². The molecule has 3 N–H and O–H groups in total. The SMILES string of the molecule is C=C[C@@H]1CC1(NC(=O)[C@@H]1C[C@@H]2CN1C(=O)[C@H](C1CCCCC1)NC(=O)OC[C@@H](C)CCCc1ccc3ccnc(c3c1)O2)C(=O)NS(=O)(=O)C1CC1. The zero-order valence-electron chi connectivity index (χ0n) is 29.7. The first kappa shape index (κ1) is 36.2. The Kier molecular flexibility index (Phi) is 10.2. The molecule has 4 amide bonds. The number of alkyl carbamates (subject to hydrolysis) is 1. The maximum atomic E-state index is 14.7. The van der Waals surface area contributed by atoms with E-state index in [1.807, 2.05) is 19.1 Å². The van der Waals surface area contributed by atoms with E-state index in [1.165, 1.54) is 11.0 Å². The molecule has 2 aromatic rings. The fourth-order valence-electron chi connectivity index (χ4n) is 8.14. The molecule has 1 aromatic carbocycles. The van der Waals surface area contributed by atoms with Gasteiger partial charge in [-0.25, -0.2) is 18.2 Å². The summed E-state index contributed by atoms with van der Waals surface area (Å²) >= 11 is 0. The van der Waals surface area contributed by atoms with Crippen molar-refractivity contribution in [1.82, 2.24) is 25.2 Å². The molecule has 1 unspecified atom stereocenters. The van der Waals surface area contributed by atoms with E-state index in [1.54, 1.807) is 6.20 Å². The Morgan fingerprint density at radius 2 is 1.87 bits per heavy atom. The minimum Gasteiger partial charge on any atom is -0.472 e. The Balaban J connectivity index is 1.21. The zero-order chi connectivity index (χ0) is 36.6. The van der Waals surface area contributed by atoms with Crippen molar-refractivity contribution in [3.05, 3.63) is 48.7 Å². The van der Waals surface area contributed by atoms with Crippen molar-refractivity contribution in [2.24, 2.45) is 17.8 Å². The number of ether oxygens (including phenoxy) is 2. The standard InChI is InChI=1S/C38H49N5O8S/c1-3-27-20-38(27,36(46)42-52(48,49)29-14-15-29)41-33(44)31-19-28-21-43(31)35(45)32(26-10-5-4-6-11-26)40-37(47)50-22-23(2)8-7-9-24-12-13-25-16-17-39-34(51-28)30(25)18-24/h3,12-13,16-18,23,26-29,31-32H,1,4-11,14-15,19-22H2,2H3,(H,40,47)(H,41,44)(H,42,46)/t23-,27+,28+,31-,32-,38?/m0/s1. The van der Waals surface area contributed by atoms with E-state index in [0.29, 0.717) is 18.7 Å². The first-order chi connectivity index (χ1) is 25.0. The second kappa shape index (κ2) is 14.7. The summed E-state index contributed by atoms with van der Waals surface area (Å²) in [5, 5.41) is 6.88. The molecule has 5 aliphatic rings. The molecule has 3 aliphatic carbocycles. The number of aryl methyl sites for hydroxylation is 1. The Morgan fingerprint density at radius 1 is 1.08 bits per heavy atom. The molecule has 280 valence electrons. The van der Waals surface area contributed by atoms with Crippen LogP contribution in [0.2, 0.25) is 0 Å². The second-order valence-electron chi connectivity index (χ2n) is 15.5. The fraction of sp³-hybridized carbons (Fsp3) is 0.605. The summed E-state index contributed by atoms with van der Waals surface area (Å²) in [7, 11) is -3.88. The topological polar surface area (TPSA) is 173 Å². The van der Waals surface area contributed by atoms with Gasteiger partial charge in [0.15, 0.2) is 0 Å². The van der Waals surface area contributed by atoms with Gasteiger partial charge >= 0.3 is 6.09 Å². The van der Waals surface area contributed by atoms with Crippen LogP contribution in [0.1, 0.15) is 83.1 Å². The molecule has 4 fully saturated rings. The fourth-order valence-corrected chi connectivity index (χ4v) is 9.51. The summed E-state index contributed by atoms with van der Waals surface area (Å²) in [6.45, 7) is 6.07. The lowest BCUT2D eigenvalue weighted by Gasteiger charge is -2.34. The number of rotatable bonds is 7. The van der Waals surface area contributed by atoms with Crippen LogP contribution in [0.25, 0.3) is 10.8 Å². The van der Waals surface area contributed by atoms with Gasteiger partial charge in [-0.05, 0) is 86.3 Å². The molecule has 0 spiro atoms. The minimum atomic E-state index is -3.88. The molecule has 3 heterocycles. The molecule has 2 aliphatic heterocycles. The predicted molar refractivity (Wildman–Crippen MR) is 192 cm³/mol. The maximum Gasteiger partial charge on any atom is 0.407 e. The van der Waals surface area contributed by atoms with E-state index >= 15 is 0 Å². The summed E-state index contributed by atoms with van der Waals surface area (Å²) < 4.78 is 39.8. The summed E-state index contributed by atoms with van der Waals surface area (Å²) in [5.41, 5.74) is -0.405. The molecule has 6 atom stereocenters. The molecule has 1 saturated heterocycles. The molecule has 14 heteroatoms. The van der Waals surface area contributed by atoms with E-state index in [4.69, 9.17) is 9.47 Å². The lowest BCUT2D eigenvalue weighted by Crippen LogP contribution is -2.59. The van der Waals surface area contributed by atoms with Crippen molar-refractivity contribution in [1.29, 1.82) is 0 Å². The third kappa shape index (κ3) is 7.62. The number of nitrogens with zero attached hydrogens (tertiary/aromatic N) is 2. The summed E-state index contributed by atoms with van der Waals surface area (Å²) in [6, 6.07) is 6.08. The first-order valence-electron chi connectivity index (χ1n) is 18.8. The van der Waals surface area contributed by atoms with Crippen LogP contribution in [-0.2, 0) is 35.6 Å². The molecular weight excluding hydrogens is 687 g/mol. The van der Waals surface area contributed by atoms with E-state index in [-0.39, 0.29) is 37.8 Å². The highest BCUT2D eigenvalue weighted by atomic mass is 32.2. The van der Waals surface area contributed by atoms with Gasteiger partial charge in [0.05, 0.1) is 18.4 Å². The van der Waals surface area contributed by atoms with Crippen molar-refractivity contribution in [3.8, 4) is 5.88 Å². The number of hydrogen-bond acceptors (Lipinski definition) is 9. The van der Waals surface area contributed by atoms with Crippen LogP contribution in [0, 0.1) is 17.8 Å². The Morgan fingerprint density at radius 3 is 2.60 bits per heavy atom. The van der Waals surface area contributed by atoms with E-state index in [2.05, 4.69) is 39.1 Å². The monoisotopic (exact) mass is 735 g/mol. The van der Waals surface area contributed by atoms with Crippen molar-refractivity contribution < 1.29 is 37.1 Å². The zero-order valence-corrected chi connectivity index (χ0v) is 30.5. The van der Waals surface area contributed by atoms with Gasteiger partial charge in [-0.15, -0.1) is 6.58 Å². The van der Waals surface area contributed by atoms with E-state index in [9.17, 15) is 27.6 Å². The van der Waals surface area contributed by atoms with Crippen LogP contribution in [0.15, 0.2) is 43.1 Å². The lowest BCUT2D eigenvalue weighted by molar-refractivity contribution is -0.142. The predicted octanol–water partition coefficient (Wildman–Crippen LogP) is 3.90. The third-order valence-electron chi connectivity index (χ3n) is 11.5. The quantitative estimate of drug-likeness (QED) is 0.357. The highest BCUT2D eigenvalue weighted by molar-refractivity contribution is 7.91. The Bertz CT molecular complexity index is 1840. The summed E-state index contributed by atoms with van der Waals surface area (Å²) in [4.78, 5) is 61.8. The number of hydrogen-bond donors (Lipinski definition) is 3. The first-order valence-corrected chi connectivity index (χ1v) is 20.3. The van der Waals surface area contributed by atoms with Crippen LogP contribution >= 0.6 is 0 Å².